The molecule has 3 aromatic rings. The Morgan fingerprint density at radius 3 is 2.80 bits per heavy atom. The number of amides is 1. The normalized spacial score (nSPS) is 10.9. The number of aryl methyl sites for hydroxylation is 1. The van der Waals surface area contributed by atoms with Crippen molar-refractivity contribution in [3.63, 3.8) is 0 Å². The smallest absolute Gasteiger partial charge is 0.259 e. The molecule has 0 aliphatic heterocycles. The van der Waals surface area contributed by atoms with Crippen LogP contribution in [0.25, 0.3) is 10.8 Å². The number of hydrogen-bond donors (Lipinski definition) is 3. The molecular formula is C20H19N3O2. The highest BCUT2D eigenvalue weighted by atomic mass is 16.3. The predicted molar refractivity (Wildman–Crippen MR) is 101 cm³/mol. The van der Waals surface area contributed by atoms with Gasteiger partial charge in [0.05, 0.1) is 12.8 Å². The van der Waals surface area contributed by atoms with Gasteiger partial charge >= 0.3 is 0 Å². The average molecular weight is 333 g/mol. The molecule has 5 heteroatoms. The third-order valence-corrected chi connectivity index (χ3v) is 3.80. The summed E-state index contributed by atoms with van der Waals surface area (Å²) in [5.41, 5.74) is 4.91. The predicted octanol–water partition coefficient (Wildman–Crippen LogP) is 3.42. The van der Waals surface area contributed by atoms with Crippen LogP contribution in [0.1, 0.15) is 11.1 Å². The average Bonchev–Trinajstić information content (AvgIpc) is 2.63. The number of nitrogens with zero attached hydrogens (tertiary/aromatic N) is 1. The number of hydrazone groups is 1. The van der Waals surface area contributed by atoms with Crippen LogP contribution in [-0.2, 0) is 4.79 Å². The number of benzene rings is 3. The van der Waals surface area contributed by atoms with E-state index in [1.54, 1.807) is 18.2 Å². The van der Waals surface area contributed by atoms with Gasteiger partial charge in [0.15, 0.2) is 0 Å². The second-order valence-corrected chi connectivity index (χ2v) is 5.74. The Labute approximate surface area is 146 Å². The molecule has 25 heavy (non-hydrogen) atoms. The third kappa shape index (κ3) is 4.14. The maximum atomic E-state index is 11.9. The van der Waals surface area contributed by atoms with Crippen LogP contribution in [0, 0.1) is 6.92 Å². The number of carbonyl (C=O) groups is 1. The van der Waals surface area contributed by atoms with Gasteiger partial charge in [0.1, 0.15) is 5.75 Å². The van der Waals surface area contributed by atoms with Crippen molar-refractivity contribution in [3.8, 4) is 5.75 Å². The topological polar surface area (TPSA) is 73.7 Å². The number of nitrogens with one attached hydrogen (secondary N) is 2. The van der Waals surface area contributed by atoms with Crippen molar-refractivity contribution in [1.82, 2.24) is 5.43 Å². The van der Waals surface area contributed by atoms with Crippen LogP contribution in [0.15, 0.2) is 65.8 Å². The Morgan fingerprint density at radius 2 is 1.92 bits per heavy atom. The van der Waals surface area contributed by atoms with Gasteiger partial charge in [0.2, 0.25) is 0 Å². The zero-order valence-corrected chi connectivity index (χ0v) is 13.9. The summed E-state index contributed by atoms with van der Waals surface area (Å²) in [6.07, 6.45) is 1.43. The maximum absolute atomic E-state index is 11.9. The van der Waals surface area contributed by atoms with E-state index in [0.717, 1.165) is 22.0 Å². The molecule has 0 heterocycles. The lowest BCUT2D eigenvalue weighted by Crippen LogP contribution is -2.25. The Morgan fingerprint density at radius 1 is 1.12 bits per heavy atom. The molecule has 0 bridgehead atoms. The molecule has 0 aromatic heterocycles. The van der Waals surface area contributed by atoms with Crippen molar-refractivity contribution in [2.24, 2.45) is 5.10 Å². The monoisotopic (exact) mass is 333 g/mol. The largest absolute Gasteiger partial charge is 0.507 e. The molecule has 1 amide bonds. The van der Waals surface area contributed by atoms with E-state index >= 15 is 0 Å². The Kier molecular flexibility index (Phi) is 4.95. The Balaban J connectivity index is 1.59. The van der Waals surface area contributed by atoms with Gasteiger partial charge in [0, 0.05) is 16.6 Å². The Hall–Kier alpha value is -3.34. The summed E-state index contributed by atoms with van der Waals surface area (Å²) in [6.45, 7) is 2.02. The first-order valence-electron chi connectivity index (χ1n) is 7.96. The van der Waals surface area contributed by atoms with Crippen LogP contribution in [0.5, 0.6) is 5.75 Å². The molecule has 0 saturated carbocycles. The second kappa shape index (κ2) is 7.49. The lowest BCUT2D eigenvalue weighted by molar-refractivity contribution is -0.119. The van der Waals surface area contributed by atoms with Gasteiger partial charge in [0.25, 0.3) is 5.91 Å². The number of carbonyl (C=O) groups excluding carboxylic acids is 1. The van der Waals surface area contributed by atoms with E-state index < -0.39 is 0 Å². The van der Waals surface area contributed by atoms with E-state index in [2.05, 4.69) is 15.8 Å². The molecular weight excluding hydrogens is 314 g/mol. The summed E-state index contributed by atoms with van der Waals surface area (Å²) < 4.78 is 0. The lowest BCUT2D eigenvalue weighted by Gasteiger charge is -2.08. The fourth-order valence-corrected chi connectivity index (χ4v) is 2.55. The van der Waals surface area contributed by atoms with Gasteiger partial charge in [-0.25, -0.2) is 5.43 Å². The molecule has 0 fully saturated rings. The van der Waals surface area contributed by atoms with Gasteiger partial charge in [-0.3, -0.25) is 4.79 Å². The van der Waals surface area contributed by atoms with Gasteiger partial charge < -0.3 is 10.4 Å². The molecule has 0 atom stereocenters. The van der Waals surface area contributed by atoms with Gasteiger partial charge in [-0.1, -0.05) is 48.0 Å². The number of phenols is 1. The molecule has 3 aromatic carbocycles. The lowest BCUT2D eigenvalue weighted by atomic mass is 10.1. The van der Waals surface area contributed by atoms with Crippen molar-refractivity contribution in [2.45, 2.75) is 6.92 Å². The zero-order valence-electron chi connectivity index (χ0n) is 13.9. The summed E-state index contributed by atoms with van der Waals surface area (Å²) in [6, 6.07) is 19.1. The third-order valence-electron chi connectivity index (χ3n) is 3.80. The van der Waals surface area contributed by atoms with Gasteiger partial charge in [-0.2, -0.15) is 5.10 Å². The van der Waals surface area contributed by atoms with Crippen LogP contribution < -0.4 is 10.7 Å². The van der Waals surface area contributed by atoms with Crippen LogP contribution in [0.2, 0.25) is 0 Å². The van der Waals surface area contributed by atoms with Crippen molar-refractivity contribution in [3.05, 3.63) is 71.8 Å². The molecule has 3 rings (SSSR count). The minimum atomic E-state index is -0.267. The van der Waals surface area contributed by atoms with Crippen LogP contribution in [-0.4, -0.2) is 23.8 Å². The van der Waals surface area contributed by atoms with Crippen LogP contribution >= 0.6 is 0 Å². The fourth-order valence-electron chi connectivity index (χ4n) is 2.55. The van der Waals surface area contributed by atoms with E-state index in [1.165, 1.54) is 6.21 Å². The highest BCUT2D eigenvalue weighted by Gasteiger charge is 2.03. The molecule has 0 saturated heterocycles. The molecule has 3 N–H and O–H groups in total. The number of fused-ring (bicyclic) bond motifs is 1. The van der Waals surface area contributed by atoms with Crippen molar-refractivity contribution in [2.75, 3.05) is 11.9 Å². The number of phenolic OH excluding ortho intramolecular Hbond substituents is 1. The van der Waals surface area contributed by atoms with E-state index in [0.29, 0.717) is 5.56 Å². The number of aromatic hydroxyl groups is 1. The second-order valence-electron chi connectivity index (χ2n) is 5.74. The number of rotatable bonds is 5. The summed E-state index contributed by atoms with van der Waals surface area (Å²) in [7, 11) is 0. The first-order valence-corrected chi connectivity index (χ1v) is 7.96. The first kappa shape index (κ1) is 16.5. The molecule has 0 radical (unpaired) electrons. The molecule has 0 aliphatic rings. The molecule has 0 unspecified atom stereocenters. The summed E-state index contributed by atoms with van der Waals surface area (Å²) in [5, 5.41) is 18.9. The van der Waals surface area contributed by atoms with Gasteiger partial charge in [-0.05, 0) is 30.5 Å². The van der Waals surface area contributed by atoms with E-state index in [1.807, 2.05) is 49.4 Å². The molecule has 5 nitrogen and oxygen atoms in total. The van der Waals surface area contributed by atoms with Crippen LogP contribution in [0.4, 0.5) is 5.69 Å². The zero-order chi connectivity index (χ0) is 17.6. The molecule has 0 aliphatic carbocycles. The Bertz CT molecular complexity index is 930. The highest BCUT2D eigenvalue weighted by molar-refractivity contribution is 5.95. The first-order chi connectivity index (χ1) is 12.1. The minimum Gasteiger partial charge on any atom is -0.507 e. The summed E-state index contributed by atoms with van der Waals surface area (Å²) >= 11 is 0. The quantitative estimate of drug-likeness (QED) is 0.495. The number of hydrogen-bond acceptors (Lipinski definition) is 4. The fraction of sp³-hybridized carbons (Fsp3) is 0.100. The standard InChI is InChI=1S/C20H19N3O2/c1-14-9-10-19(24)16(11-14)12-22-23-20(25)13-21-18-8-4-6-15-5-2-3-7-17(15)18/h2-12,21,24H,13H2,1H3,(H,23,25)/b22-12+. The summed E-state index contributed by atoms with van der Waals surface area (Å²) in [4.78, 5) is 11.9. The van der Waals surface area contributed by atoms with E-state index in [4.69, 9.17) is 0 Å². The highest BCUT2D eigenvalue weighted by Crippen LogP contribution is 2.22. The van der Waals surface area contributed by atoms with Crippen molar-refractivity contribution >= 4 is 28.6 Å². The molecule has 126 valence electrons. The van der Waals surface area contributed by atoms with E-state index in [9.17, 15) is 9.90 Å². The van der Waals surface area contributed by atoms with Crippen molar-refractivity contribution in [1.29, 1.82) is 0 Å². The molecule has 0 spiro atoms. The number of anilines is 1. The SMILES string of the molecule is Cc1ccc(O)c(/C=N/NC(=O)CNc2cccc3ccccc23)c1. The maximum Gasteiger partial charge on any atom is 0.259 e. The van der Waals surface area contributed by atoms with Crippen molar-refractivity contribution < 1.29 is 9.90 Å². The van der Waals surface area contributed by atoms with E-state index in [-0.39, 0.29) is 18.2 Å². The summed E-state index contributed by atoms with van der Waals surface area (Å²) in [5.74, 6) is -0.145. The minimum absolute atomic E-state index is 0.102. The van der Waals surface area contributed by atoms with Crippen LogP contribution in [0.3, 0.4) is 0 Å². The van der Waals surface area contributed by atoms with Gasteiger partial charge in [-0.15, -0.1) is 0 Å².